The van der Waals surface area contributed by atoms with Gasteiger partial charge >= 0.3 is 0 Å². The van der Waals surface area contributed by atoms with Gasteiger partial charge in [0.25, 0.3) is 5.56 Å². The molecule has 1 aliphatic heterocycles. The van der Waals surface area contributed by atoms with Crippen LogP contribution >= 0.6 is 23.7 Å². The lowest BCUT2D eigenvalue weighted by atomic mass is 10.0. The first kappa shape index (κ1) is 18.9. The molecule has 4 rings (SSSR count). The van der Waals surface area contributed by atoms with Gasteiger partial charge in [-0.05, 0) is 24.6 Å². The second kappa shape index (κ2) is 7.79. The number of rotatable bonds is 3. The minimum Gasteiger partial charge on any atom is -0.314 e. The van der Waals surface area contributed by atoms with Crippen molar-refractivity contribution >= 4 is 28.7 Å². The van der Waals surface area contributed by atoms with Gasteiger partial charge in [0.2, 0.25) is 4.96 Å². The zero-order valence-electron chi connectivity index (χ0n) is 14.2. The summed E-state index contributed by atoms with van der Waals surface area (Å²) in [6.45, 7) is 4.87. The van der Waals surface area contributed by atoms with E-state index in [0.717, 1.165) is 30.2 Å². The van der Waals surface area contributed by atoms with Crippen molar-refractivity contribution in [1.82, 2.24) is 24.8 Å². The summed E-state index contributed by atoms with van der Waals surface area (Å²) in [5, 5.41) is 8.61. The Morgan fingerprint density at radius 2 is 2.23 bits per heavy atom. The molecule has 0 saturated carbocycles. The molecule has 0 spiro atoms. The highest BCUT2D eigenvalue weighted by Gasteiger charge is 2.25. The van der Waals surface area contributed by atoms with E-state index in [0.29, 0.717) is 17.2 Å². The highest BCUT2D eigenvalue weighted by Crippen LogP contribution is 2.25. The number of aromatic nitrogens is 3. The van der Waals surface area contributed by atoms with Crippen LogP contribution in [-0.4, -0.2) is 39.1 Å². The smallest absolute Gasteiger partial charge is 0.275 e. The fraction of sp³-hybridized carbons (Fsp3) is 0.353. The third-order valence-corrected chi connectivity index (χ3v) is 5.23. The van der Waals surface area contributed by atoms with Crippen LogP contribution in [0, 0.1) is 12.7 Å². The van der Waals surface area contributed by atoms with Gasteiger partial charge in [0, 0.05) is 37.4 Å². The molecule has 2 aromatic heterocycles. The number of halogens is 2. The molecule has 1 unspecified atom stereocenters. The van der Waals surface area contributed by atoms with Crippen molar-refractivity contribution < 1.29 is 4.39 Å². The van der Waals surface area contributed by atoms with Crippen LogP contribution in [0.4, 0.5) is 4.39 Å². The maximum Gasteiger partial charge on any atom is 0.275 e. The monoisotopic (exact) mass is 395 g/mol. The van der Waals surface area contributed by atoms with Crippen molar-refractivity contribution in [2.45, 2.75) is 19.5 Å². The Kier molecular flexibility index (Phi) is 5.67. The predicted molar refractivity (Wildman–Crippen MR) is 102 cm³/mol. The topological polar surface area (TPSA) is 62.5 Å². The highest BCUT2D eigenvalue weighted by atomic mass is 35.5. The van der Waals surface area contributed by atoms with E-state index in [1.165, 1.54) is 28.0 Å². The van der Waals surface area contributed by atoms with Crippen LogP contribution in [0.2, 0.25) is 0 Å². The van der Waals surface area contributed by atoms with Gasteiger partial charge in [-0.2, -0.15) is 9.61 Å². The average Bonchev–Trinajstić information content (AvgIpc) is 2.98. The van der Waals surface area contributed by atoms with E-state index >= 15 is 0 Å². The Morgan fingerprint density at radius 1 is 1.38 bits per heavy atom. The summed E-state index contributed by atoms with van der Waals surface area (Å²) in [6, 6.07) is 8.28. The SMILES string of the molecule is Cc1cc(=O)n2nc(CN3CCNCC3c3cccc(F)c3)sc2n1.Cl. The number of aryl methyl sites for hydroxylation is 1. The summed E-state index contributed by atoms with van der Waals surface area (Å²) < 4.78 is 15.0. The largest absolute Gasteiger partial charge is 0.314 e. The Bertz CT molecular complexity index is 975. The Morgan fingerprint density at radius 3 is 3.04 bits per heavy atom. The zero-order valence-corrected chi connectivity index (χ0v) is 15.8. The van der Waals surface area contributed by atoms with Crippen LogP contribution in [0.5, 0.6) is 0 Å². The van der Waals surface area contributed by atoms with Crippen LogP contribution in [0.1, 0.15) is 22.3 Å². The second-order valence-electron chi connectivity index (χ2n) is 6.17. The number of nitrogens with zero attached hydrogens (tertiary/aromatic N) is 4. The molecule has 0 amide bonds. The van der Waals surface area contributed by atoms with Crippen molar-refractivity contribution in [2.24, 2.45) is 0 Å². The molecule has 3 heterocycles. The Hall–Kier alpha value is -1.87. The molecule has 0 radical (unpaired) electrons. The molecule has 0 bridgehead atoms. The number of hydrogen-bond donors (Lipinski definition) is 1. The van der Waals surface area contributed by atoms with Gasteiger partial charge < -0.3 is 5.32 Å². The highest BCUT2D eigenvalue weighted by molar-refractivity contribution is 7.16. The van der Waals surface area contributed by atoms with Crippen LogP contribution < -0.4 is 10.9 Å². The number of nitrogens with one attached hydrogen (secondary N) is 1. The number of fused-ring (bicyclic) bond motifs is 1. The number of piperazine rings is 1. The van der Waals surface area contributed by atoms with Gasteiger partial charge in [0.1, 0.15) is 10.8 Å². The van der Waals surface area contributed by atoms with Crippen LogP contribution in [-0.2, 0) is 6.54 Å². The lowest BCUT2D eigenvalue weighted by Gasteiger charge is -2.35. The van der Waals surface area contributed by atoms with Crippen LogP contribution in [0.15, 0.2) is 35.1 Å². The predicted octanol–water partition coefficient (Wildman–Crippen LogP) is 2.17. The molecule has 0 aliphatic carbocycles. The van der Waals surface area contributed by atoms with E-state index in [-0.39, 0.29) is 29.8 Å². The van der Waals surface area contributed by atoms with E-state index < -0.39 is 0 Å². The maximum atomic E-state index is 13.6. The quantitative estimate of drug-likeness (QED) is 0.736. The number of benzene rings is 1. The molecular weight excluding hydrogens is 377 g/mol. The third kappa shape index (κ3) is 3.78. The van der Waals surface area contributed by atoms with Crippen LogP contribution in [0.25, 0.3) is 4.96 Å². The lowest BCUT2D eigenvalue weighted by Crippen LogP contribution is -2.45. The normalized spacial score (nSPS) is 18.0. The van der Waals surface area contributed by atoms with E-state index in [9.17, 15) is 9.18 Å². The fourth-order valence-corrected chi connectivity index (χ4v) is 4.15. The molecule has 1 aliphatic rings. The summed E-state index contributed by atoms with van der Waals surface area (Å²) >= 11 is 1.42. The Labute approximate surface area is 160 Å². The molecule has 9 heteroatoms. The van der Waals surface area contributed by atoms with E-state index in [2.05, 4.69) is 20.3 Å². The molecule has 138 valence electrons. The lowest BCUT2D eigenvalue weighted by molar-refractivity contribution is 0.153. The minimum atomic E-state index is -0.228. The second-order valence-corrected chi connectivity index (χ2v) is 7.21. The van der Waals surface area contributed by atoms with Crippen molar-refractivity contribution in [3.63, 3.8) is 0 Å². The molecule has 1 aromatic carbocycles. The molecule has 1 N–H and O–H groups in total. The summed E-state index contributed by atoms with van der Waals surface area (Å²) in [5.41, 5.74) is 1.48. The minimum absolute atomic E-state index is 0. The third-order valence-electron chi connectivity index (χ3n) is 4.34. The summed E-state index contributed by atoms with van der Waals surface area (Å²) in [7, 11) is 0. The van der Waals surface area contributed by atoms with E-state index in [4.69, 9.17) is 0 Å². The van der Waals surface area contributed by atoms with Gasteiger partial charge in [-0.15, -0.1) is 12.4 Å². The van der Waals surface area contributed by atoms with Gasteiger partial charge in [-0.25, -0.2) is 9.37 Å². The molecule has 1 atom stereocenters. The molecule has 6 nitrogen and oxygen atoms in total. The van der Waals surface area contributed by atoms with Crippen molar-refractivity contribution in [3.05, 3.63) is 62.8 Å². The molecule has 1 saturated heterocycles. The molecule has 3 aromatic rings. The van der Waals surface area contributed by atoms with E-state index in [1.54, 1.807) is 19.1 Å². The van der Waals surface area contributed by atoms with Gasteiger partial charge in [0.05, 0.1) is 6.54 Å². The Balaban J connectivity index is 0.00000196. The first-order chi connectivity index (χ1) is 12.1. The summed E-state index contributed by atoms with van der Waals surface area (Å²) in [6.07, 6.45) is 0. The van der Waals surface area contributed by atoms with Gasteiger partial charge in [-0.1, -0.05) is 23.5 Å². The van der Waals surface area contributed by atoms with Gasteiger partial charge in [0.15, 0.2) is 0 Å². The van der Waals surface area contributed by atoms with E-state index in [1.807, 2.05) is 6.07 Å². The molecule has 26 heavy (non-hydrogen) atoms. The maximum absolute atomic E-state index is 13.6. The summed E-state index contributed by atoms with van der Waals surface area (Å²) in [5.74, 6) is -0.228. The van der Waals surface area contributed by atoms with Crippen LogP contribution in [0.3, 0.4) is 0 Å². The van der Waals surface area contributed by atoms with Crippen molar-refractivity contribution in [2.75, 3.05) is 19.6 Å². The van der Waals surface area contributed by atoms with Crippen molar-refractivity contribution in [1.29, 1.82) is 0 Å². The standard InChI is InChI=1S/C17H18FN5OS.ClH/c1-11-7-16(24)23-17(20-11)25-15(21-23)10-22-6-5-19-9-14(22)12-3-2-4-13(18)8-12;/h2-4,7-8,14,19H,5-6,9-10H2,1H3;1H. The molecule has 1 fully saturated rings. The zero-order chi connectivity index (χ0) is 17.4. The number of hydrogen-bond acceptors (Lipinski definition) is 6. The van der Waals surface area contributed by atoms with Crippen molar-refractivity contribution in [3.8, 4) is 0 Å². The molecular formula is C17H19ClFN5OS. The fourth-order valence-electron chi connectivity index (χ4n) is 3.18. The first-order valence-corrected chi connectivity index (χ1v) is 8.98. The van der Waals surface area contributed by atoms with Gasteiger partial charge in [-0.3, -0.25) is 9.69 Å². The summed E-state index contributed by atoms with van der Waals surface area (Å²) in [4.78, 5) is 19.3. The average molecular weight is 396 g/mol. The first-order valence-electron chi connectivity index (χ1n) is 8.17.